The summed E-state index contributed by atoms with van der Waals surface area (Å²) in [4.78, 5) is 38.6. The molecule has 58 heavy (non-hydrogen) atoms. The van der Waals surface area contributed by atoms with Crippen LogP contribution < -0.4 is 20.9 Å². The van der Waals surface area contributed by atoms with Gasteiger partial charge in [-0.1, -0.05) is 42.8 Å². The first-order valence-electron chi connectivity index (χ1n) is 20.6. The Labute approximate surface area is 339 Å². The summed E-state index contributed by atoms with van der Waals surface area (Å²) in [6.07, 6.45) is 6.21. The first kappa shape index (κ1) is 39.0. The van der Waals surface area contributed by atoms with Crippen LogP contribution in [0.2, 0.25) is 0 Å². The Kier molecular flexibility index (Phi) is 11.7. The number of anilines is 2. The molecule has 0 spiro atoms. The van der Waals surface area contributed by atoms with Crippen LogP contribution >= 0.6 is 0 Å². The molecule has 0 bridgehead atoms. The van der Waals surface area contributed by atoms with Gasteiger partial charge in [-0.3, -0.25) is 4.79 Å². The molecule has 6 aromatic rings. The fraction of sp³-hybridized carbons (Fsp3) is 0.370. The SMILES string of the molecule is Cc1ccc2c(N3CC[C@@H](N)C3)nc(-c3ccccc3O)nc2c1.Cc1ccc2c(N3CC[C@@H](NC(=O)CCN4CCCCC4)C3)nc(-c3ccccc3O)nc2c1. The molecule has 3 fully saturated rings. The Balaban J connectivity index is 0.000000172. The van der Waals surface area contributed by atoms with E-state index in [1.807, 2.05) is 38.1 Å². The molecule has 2 atom stereocenters. The number of rotatable bonds is 8. The zero-order valence-electron chi connectivity index (χ0n) is 33.4. The molecule has 0 radical (unpaired) electrons. The molecule has 3 saturated heterocycles. The van der Waals surface area contributed by atoms with Gasteiger partial charge in [-0.05, 0) is 112 Å². The van der Waals surface area contributed by atoms with Gasteiger partial charge in [-0.25, -0.2) is 19.9 Å². The Morgan fingerprint density at radius 3 is 1.76 bits per heavy atom. The zero-order chi connectivity index (χ0) is 40.2. The second-order valence-corrected chi connectivity index (χ2v) is 16.0. The van der Waals surface area contributed by atoms with Crippen molar-refractivity contribution in [1.29, 1.82) is 0 Å². The number of amides is 1. The highest BCUT2D eigenvalue weighted by molar-refractivity contribution is 5.93. The maximum atomic E-state index is 12.6. The maximum absolute atomic E-state index is 12.6. The van der Waals surface area contributed by atoms with Gasteiger partial charge >= 0.3 is 0 Å². The van der Waals surface area contributed by atoms with Crippen molar-refractivity contribution in [2.24, 2.45) is 5.73 Å². The van der Waals surface area contributed by atoms with Crippen molar-refractivity contribution < 1.29 is 15.0 Å². The highest BCUT2D eigenvalue weighted by atomic mass is 16.3. The molecule has 1 amide bonds. The van der Waals surface area contributed by atoms with Crippen LogP contribution in [0, 0.1) is 13.8 Å². The van der Waals surface area contributed by atoms with E-state index in [1.54, 1.807) is 24.3 Å². The molecule has 4 aromatic carbocycles. The number of phenols is 2. The van der Waals surface area contributed by atoms with Gasteiger partial charge in [-0.15, -0.1) is 0 Å². The van der Waals surface area contributed by atoms with Gasteiger partial charge in [-0.2, -0.15) is 0 Å². The molecular weight excluding hydrogens is 727 g/mol. The lowest BCUT2D eigenvalue weighted by molar-refractivity contribution is -0.122. The summed E-state index contributed by atoms with van der Waals surface area (Å²) in [5.74, 6) is 3.30. The van der Waals surface area contributed by atoms with E-state index in [2.05, 4.69) is 61.4 Å². The van der Waals surface area contributed by atoms with Crippen LogP contribution in [0.3, 0.4) is 0 Å². The molecule has 9 rings (SSSR count). The third kappa shape index (κ3) is 8.83. The Hall–Kier alpha value is -5.85. The molecule has 300 valence electrons. The van der Waals surface area contributed by atoms with Gasteiger partial charge in [0.1, 0.15) is 23.1 Å². The van der Waals surface area contributed by atoms with Gasteiger partial charge in [0.15, 0.2) is 11.6 Å². The minimum absolute atomic E-state index is 0.109. The number of carbonyl (C=O) groups is 1. The largest absolute Gasteiger partial charge is 0.507 e. The van der Waals surface area contributed by atoms with E-state index in [4.69, 9.17) is 20.7 Å². The van der Waals surface area contributed by atoms with E-state index >= 15 is 0 Å². The fourth-order valence-corrected chi connectivity index (χ4v) is 8.29. The first-order valence-corrected chi connectivity index (χ1v) is 20.6. The highest BCUT2D eigenvalue weighted by Gasteiger charge is 2.28. The lowest BCUT2D eigenvalue weighted by Crippen LogP contribution is -2.39. The van der Waals surface area contributed by atoms with E-state index in [-0.39, 0.29) is 29.5 Å². The number of nitrogens with two attached hydrogens (primary N) is 1. The van der Waals surface area contributed by atoms with Crippen LogP contribution in [0.25, 0.3) is 44.6 Å². The second kappa shape index (κ2) is 17.3. The van der Waals surface area contributed by atoms with E-state index in [9.17, 15) is 15.0 Å². The van der Waals surface area contributed by atoms with Gasteiger partial charge in [0.2, 0.25) is 5.91 Å². The van der Waals surface area contributed by atoms with Crippen LogP contribution in [0.15, 0.2) is 84.9 Å². The smallest absolute Gasteiger partial charge is 0.221 e. The number of nitrogens with one attached hydrogen (secondary N) is 1. The zero-order valence-corrected chi connectivity index (χ0v) is 33.4. The number of phenolic OH excluding ortho intramolecular Hbond substituents is 2. The quantitative estimate of drug-likeness (QED) is 0.130. The number of hydrogen-bond donors (Lipinski definition) is 4. The lowest BCUT2D eigenvalue weighted by atomic mass is 10.1. The van der Waals surface area contributed by atoms with E-state index in [1.165, 1.54) is 19.3 Å². The number of fused-ring (bicyclic) bond motifs is 2. The monoisotopic (exact) mass is 779 g/mol. The minimum atomic E-state index is 0.109. The molecular formula is C46H53N9O3. The second-order valence-electron chi connectivity index (χ2n) is 16.0. The molecule has 5 N–H and O–H groups in total. The normalized spacial score (nSPS) is 18.4. The third-order valence-electron chi connectivity index (χ3n) is 11.4. The molecule has 3 aliphatic heterocycles. The van der Waals surface area contributed by atoms with E-state index < -0.39 is 0 Å². The molecule has 0 saturated carbocycles. The van der Waals surface area contributed by atoms with Gasteiger partial charge in [0.05, 0.1) is 22.2 Å². The maximum Gasteiger partial charge on any atom is 0.221 e. The van der Waals surface area contributed by atoms with Crippen molar-refractivity contribution in [3.8, 4) is 34.3 Å². The third-order valence-corrected chi connectivity index (χ3v) is 11.4. The molecule has 12 nitrogen and oxygen atoms in total. The van der Waals surface area contributed by atoms with Crippen molar-refractivity contribution in [2.45, 2.75) is 64.5 Å². The summed E-state index contributed by atoms with van der Waals surface area (Å²) in [6.45, 7) is 10.4. The first-order chi connectivity index (χ1) is 28.2. The molecule has 0 aliphatic carbocycles. The Morgan fingerprint density at radius 1 is 0.690 bits per heavy atom. The summed E-state index contributed by atoms with van der Waals surface area (Å²) in [7, 11) is 0. The van der Waals surface area contributed by atoms with Crippen LogP contribution in [0.5, 0.6) is 11.5 Å². The van der Waals surface area contributed by atoms with Crippen molar-refractivity contribution in [3.63, 3.8) is 0 Å². The molecule has 5 heterocycles. The summed E-state index contributed by atoms with van der Waals surface area (Å²) < 4.78 is 0. The fourth-order valence-electron chi connectivity index (χ4n) is 8.29. The average Bonchev–Trinajstić information content (AvgIpc) is 3.89. The molecule has 2 aromatic heterocycles. The summed E-state index contributed by atoms with van der Waals surface area (Å²) in [5, 5.41) is 25.8. The predicted octanol–water partition coefficient (Wildman–Crippen LogP) is 6.73. The minimum Gasteiger partial charge on any atom is -0.507 e. The van der Waals surface area contributed by atoms with Gasteiger partial charge < -0.3 is 36.0 Å². The van der Waals surface area contributed by atoms with E-state index in [0.717, 1.165) is 103 Å². The number of benzene rings is 4. The lowest BCUT2D eigenvalue weighted by Gasteiger charge is -2.26. The number of para-hydroxylation sites is 2. The number of aromatic nitrogens is 4. The Bertz CT molecular complexity index is 2420. The van der Waals surface area contributed by atoms with Crippen LogP contribution in [0.4, 0.5) is 11.6 Å². The summed E-state index contributed by atoms with van der Waals surface area (Å²) in [5.41, 5.74) is 11.4. The number of nitrogens with zero attached hydrogens (tertiary/aromatic N) is 7. The van der Waals surface area contributed by atoms with Crippen molar-refractivity contribution in [3.05, 3.63) is 96.1 Å². The number of carbonyl (C=O) groups excluding carboxylic acids is 1. The van der Waals surface area contributed by atoms with Crippen LogP contribution in [0.1, 0.15) is 49.7 Å². The predicted molar refractivity (Wildman–Crippen MR) is 231 cm³/mol. The number of likely N-dealkylation sites (tertiary alicyclic amines) is 1. The molecule has 12 heteroatoms. The van der Waals surface area contributed by atoms with Crippen molar-refractivity contribution >= 4 is 39.3 Å². The van der Waals surface area contributed by atoms with Crippen LogP contribution in [-0.2, 0) is 4.79 Å². The standard InChI is InChI=1S/C27H33N5O2.C19H20N4O/c1-19-9-10-21-23(17-19)29-26(22-7-3-4-8-24(22)33)30-27(21)32-16-11-20(18-32)28-25(34)12-15-31-13-5-2-6-14-31;1-12-6-7-14-16(10-12)21-18(15-4-2-3-5-17(15)24)22-19(14)23-9-8-13(20)11-23/h3-4,7-10,17,20,33H,2,5-6,11-16,18H2,1H3,(H,28,34);2-7,10,13,24H,8-9,11,20H2,1H3/t20-;13-/m11/s1. The molecule has 3 aliphatic rings. The van der Waals surface area contributed by atoms with Gasteiger partial charge in [0.25, 0.3) is 0 Å². The Morgan fingerprint density at radius 2 is 1.22 bits per heavy atom. The average molecular weight is 780 g/mol. The van der Waals surface area contributed by atoms with Gasteiger partial charge in [0, 0.05) is 62.0 Å². The number of aryl methyl sites for hydroxylation is 2. The number of aromatic hydroxyl groups is 2. The number of piperidine rings is 1. The van der Waals surface area contributed by atoms with E-state index in [0.29, 0.717) is 29.2 Å². The summed E-state index contributed by atoms with van der Waals surface area (Å²) >= 11 is 0. The number of hydrogen-bond acceptors (Lipinski definition) is 11. The topological polar surface area (TPSA) is 157 Å². The van der Waals surface area contributed by atoms with Crippen LogP contribution in [-0.4, -0.2) is 98.9 Å². The highest BCUT2D eigenvalue weighted by Crippen LogP contribution is 2.35. The van der Waals surface area contributed by atoms with Crippen molar-refractivity contribution in [2.75, 3.05) is 55.6 Å². The summed E-state index contributed by atoms with van der Waals surface area (Å²) in [6, 6.07) is 27.0. The molecule has 0 unspecified atom stereocenters. The van der Waals surface area contributed by atoms with Crippen molar-refractivity contribution in [1.82, 2.24) is 30.2 Å².